The molecule has 0 aromatic heterocycles. The number of aryl methyl sites for hydroxylation is 1. The van der Waals surface area contributed by atoms with Crippen LogP contribution in [0.15, 0.2) is 24.3 Å². The lowest BCUT2D eigenvalue weighted by atomic mass is 10.2. The average Bonchev–Trinajstić information content (AvgIpc) is 2.45. The highest BCUT2D eigenvalue weighted by molar-refractivity contribution is 7.98. The van der Waals surface area contributed by atoms with Gasteiger partial charge in [0.2, 0.25) is 0 Å². The van der Waals surface area contributed by atoms with Crippen molar-refractivity contribution in [3.8, 4) is 0 Å². The summed E-state index contributed by atoms with van der Waals surface area (Å²) in [5.74, 6) is -0.313. The Bertz CT molecular complexity index is 494. The van der Waals surface area contributed by atoms with Gasteiger partial charge in [0, 0.05) is 12.2 Å². The monoisotopic (exact) mass is 310 g/mol. The maximum Gasteiger partial charge on any atom is 0.326 e. The summed E-state index contributed by atoms with van der Waals surface area (Å²) in [4.78, 5) is 25.1. The highest BCUT2D eigenvalue weighted by atomic mass is 32.2. The number of nitrogens with one attached hydrogen (secondary N) is 1. The molecule has 1 rings (SSSR count). The van der Waals surface area contributed by atoms with Crippen LogP contribution in [0.5, 0.6) is 0 Å². The Morgan fingerprint density at radius 1 is 1.38 bits per heavy atom. The number of carbonyl (C=O) groups is 2. The Labute approximate surface area is 129 Å². The Morgan fingerprint density at radius 3 is 2.57 bits per heavy atom. The summed E-state index contributed by atoms with van der Waals surface area (Å²) in [6.07, 6.45) is 2.32. The van der Waals surface area contributed by atoms with Crippen molar-refractivity contribution in [3.05, 3.63) is 29.8 Å². The van der Waals surface area contributed by atoms with E-state index in [0.717, 1.165) is 11.3 Å². The summed E-state index contributed by atoms with van der Waals surface area (Å²) in [5.41, 5.74) is 1.77. The number of urea groups is 1. The van der Waals surface area contributed by atoms with Crippen LogP contribution >= 0.6 is 11.8 Å². The first kappa shape index (κ1) is 17.4. The van der Waals surface area contributed by atoms with Gasteiger partial charge in [0.05, 0.1) is 0 Å². The molecular weight excluding hydrogens is 288 g/mol. The fourth-order valence-corrected chi connectivity index (χ4v) is 2.48. The number of hydrogen-bond acceptors (Lipinski definition) is 3. The number of carboxylic acid groups (broad SMARTS) is 1. The molecule has 0 heterocycles. The van der Waals surface area contributed by atoms with Crippen molar-refractivity contribution in [2.75, 3.05) is 23.5 Å². The molecule has 0 radical (unpaired) electrons. The molecule has 0 unspecified atom stereocenters. The van der Waals surface area contributed by atoms with E-state index < -0.39 is 12.0 Å². The normalized spacial score (nSPS) is 11.8. The van der Waals surface area contributed by atoms with Crippen molar-refractivity contribution in [2.24, 2.45) is 0 Å². The molecule has 0 aliphatic heterocycles. The van der Waals surface area contributed by atoms with Gasteiger partial charge in [-0.1, -0.05) is 18.2 Å². The summed E-state index contributed by atoms with van der Waals surface area (Å²) in [5, 5.41) is 11.8. The van der Waals surface area contributed by atoms with E-state index in [1.165, 1.54) is 0 Å². The molecule has 5 nitrogen and oxygen atoms in total. The van der Waals surface area contributed by atoms with Crippen molar-refractivity contribution in [1.82, 2.24) is 5.32 Å². The largest absolute Gasteiger partial charge is 0.480 e. The van der Waals surface area contributed by atoms with Gasteiger partial charge in [-0.2, -0.15) is 11.8 Å². The summed E-state index contributed by atoms with van der Waals surface area (Å²) in [6, 6.07) is 6.32. The van der Waals surface area contributed by atoms with E-state index >= 15 is 0 Å². The summed E-state index contributed by atoms with van der Waals surface area (Å²) in [7, 11) is 0. The molecule has 1 aromatic carbocycles. The number of hydrogen-bond donors (Lipinski definition) is 2. The van der Waals surface area contributed by atoms with Crippen LogP contribution in [-0.2, 0) is 4.79 Å². The lowest BCUT2D eigenvalue weighted by Gasteiger charge is -2.25. The van der Waals surface area contributed by atoms with E-state index in [1.807, 2.05) is 44.4 Å². The smallest absolute Gasteiger partial charge is 0.326 e. The molecule has 0 aliphatic rings. The van der Waals surface area contributed by atoms with Crippen LogP contribution in [0.4, 0.5) is 10.5 Å². The molecule has 116 valence electrons. The second-order valence-corrected chi connectivity index (χ2v) is 5.64. The first-order valence-electron chi connectivity index (χ1n) is 6.86. The average molecular weight is 310 g/mol. The number of thioether (sulfide) groups is 1. The fraction of sp³-hybridized carbons (Fsp3) is 0.467. The third kappa shape index (κ3) is 4.97. The molecular formula is C15H22N2O3S. The Kier molecular flexibility index (Phi) is 7.08. The first-order valence-corrected chi connectivity index (χ1v) is 8.26. The maximum absolute atomic E-state index is 12.3. The van der Waals surface area contributed by atoms with Gasteiger partial charge in [-0.25, -0.2) is 9.59 Å². The number of para-hydroxylation sites is 1. The molecule has 0 saturated heterocycles. The van der Waals surface area contributed by atoms with Crippen LogP contribution in [0.2, 0.25) is 0 Å². The number of anilines is 1. The predicted octanol–water partition coefficient (Wildman–Crippen LogP) is 2.74. The highest BCUT2D eigenvalue weighted by Gasteiger charge is 2.23. The number of amides is 2. The molecule has 1 aromatic rings. The Hall–Kier alpha value is -1.69. The van der Waals surface area contributed by atoms with Gasteiger partial charge in [0.25, 0.3) is 0 Å². The van der Waals surface area contributed by atoms with Gasteiger partial charge in [-0.15, -0.1) is 0 Å². The number of carboxylic acids is 1. The van der Waals surface area contributed by atoms with Crippen LogP contribution in [-0.4, -0.2) is 41.7 Å². The minimum Gasteiger partial charge on any atom is -0.480 e. The highest BCUT2D eigenvalue weighted by Crippen LogP contribution is 2.19. The Balaban J connectivity index is 2.83. The van der Waals surface area contributed by atoms with Crippen molar-refractivity contribution < 1.29 is 14.7 Å². The van der Waals surface area contributed by atoms with Gasteiger partial charge in [0.1, 0.15) is 6.04 Å². The van der Waals surface area contributed by atoms with E-state index in [1.54, 1.807) is 16.7 Å². The fourth-order valence-electron chi connectivity index (χ4n) is 2.01. The van der Waals surface area contributed by atoms with Gasteiger partial charge < -0.3 is 10.4 Å². The molecule has 6 heteroatoms. The molecule has 0 fully saturated rings. The standard InChI is InChI=1S/C15H22N2O3S/c1-4-17(13-8-6-5-7-11(13)2)15(20)16-12(14(18)19)9-10-21-3/h5-8,12H,4,9-10H2,1-3H3,(H,16,20)(H,18,19)/t12-/m1/s1. The third-order valence-corrected chi connectivity index (χ3v) is 3.82. The predicted molar refractivity (Wildman–Crippen MR) is 87.2 cm³/mol. The number of nitrogens with zero attached hydrogens (tertiary/aromatic N) is 1. The van der Waals surface area contributed by atoms with E-state index in [0.29, 0.717) is 18.7 Å². The number of benzene rings is 1. The van der Waals surface area contributed by atoms with Crippen LogP contribution in [0, 0.1) is 6.92 Å². The second-order valence-electron chi connectivity index (χ2n) is 4.65. The quantitative estimate of drug-likeness (QED) is 0.812. The molecule has 1 atom stereocenters. The number of aliphatic carboxylic acids is 1. The molecule has 0 spiro atoms. The lowest BCUT2D eigenvalue weighted by Crippen LogP contribution is -2.48. The van der Waals surface area contributed by atoms with Gasteiger partial charge in [-0.3, -0.25) is 4.90 Å². The topological polar surface area (TPSA) is 69.6 Å². The zero-order chi connectivity index (χ0) is 15.8. The first-order chi connectivity index (χ1) is 10.0. The SMILES string of the molecule is CCN(C(=O)N[C@H](CCSC)C(=O)O)c1ccccc1C. The van der Waals surface area contributed by atoms with Gasteiger partial charge in [0.15, 0.2) is 0 Å². The van der Waals surface area contributed by atoms with Crippen LogP contribution in [0.3, 0.4) is 0 Å². The van der Waals surface area contributed by atoms with Gasteiger partial charge >= 0.3 is 12.0 Å². The van der Waals surface area contributed by atoms with Crippen molar-refractivity contribution in [3.63, 3.8) is 0 Å². The second kappa shape index (κ2) is 8.56. The van der Waals surface area contributed by atoms with E-state index in [9.17, 15) is 14.7 Å². The molecule has 2 amide bonds. The van der Waals surface area contributed by atoms with Crippen LogP contribution in [0.1, 0.15) is 18.9 Å². The molecule has 0 aliphatic carbocycles. The molecule has 0 saturated carbocycles. The third-order valence-electron chi connectivity index (χ3n) is 3.17. The maximum atomic E-state index is 12.3. The van der Waals surface area contributed by atoms with Crippen molar-refractivity contribution >= 4 is 29.4 Å². The molecule has 2 N–H and O–H groups in total. The van der Waals surface area contributed by atoms with Gasteiger partial charge in [-0.05, 0) is 43.9 Å². The molecule has 21 heavy (non-hydrogen) atoms. The van der Waals surface area contributed by atoms with Crippen LogP contribution < -0.4 is 10.2 Å². The van der Waals surface area contributed by atoms with Crippen molar-refractivity contribution in [1.29, 1.82) is 0 Å². The minimum absolute atomic E-state index is 0.375. The van der Waals surface area contributed by atoms with Crippen LogP contribution in [0.25, 0.3) is 0 Å². The lowest BCUT2D eigenvalue weighted by molar-refractivity contribution is -0.139. The Morgan fingerprint density at radius 2 is 2.05 bits per heavy atom. The summed E-state index contributed by atoms with van der Waals surface area (Å²) in [6.45, 7) is 4.27. The molecule has 0 bridgehead atoms. The zero-order valence-corrected chi connectivity index (χ0v) is 13.4. The van der Waals surface area contributed by atoms with E-state index in [-0.39, 0.29) is 6.03 Å². The van der Waals surface area contributed by atoms with E-state index in [4.69, 9.17) is 0 Å². The number of carbonyl (C=O) groups excluding carboxylic acids is 1. The summed E-state index contributed by atoms with van der Waals surface area (Å²) < 4.78 is 0. The minimum atomic E-state index is -1.00. The zero-order valence-electron chi connectivity index (χ0n) is 12.6. The summed E-state index contributed by atoms with van der Waals surface area (Å²) >= 11 is 1.56. The number of rotatable bonds is 7. The van der Waals surface area contributed by atoms with E-state index in [2.05, 4.69) is 5.32 Å². The van der Waals surface area contributed by atoms with Crippen molar-refractivity contribution in [2.45, 2.75) is 26.3 Å².